The van der Waals surface area contributed by atoms with E-state index in [0.29, 0.717) is 28.4 Å². The van der Waals surface area contributed by atoms with Gasteiger partial charge in [-0.2, -0.15) is 0 Å². The topological polar surface area (TPSA) is 57.5 Å². The van der Waals surface area contributed by atoms with E-state index in [-0.39, 0.29) is 25.2 Å². The Kier molecular flexibility index (Phi) is 4.47. The highest BCUT2D eigenvalue weighted by Crippen LogP contribution is 2.30. The normalized spacial score (nSPS) is 18.9. The van der Waals surface area contributed by atoms with E-state index in [2.05, 4.69) is 5.32 Å². The number of aliphatic hydroxyl groups excluding tert-OH is 1. The maximum Gasteiger partial charge on any atom is 0.317 e. The molecule has 7 heteroatoms. The molecule has 0 bridgehead atoms. The van der Waals surface area contributed by atoms with Crippen molar-refractivity contribution in [2.24, 2.45) is 0 Å². The van der Waals surface area contributed by atoms with Crippen LogP contribution in [0, 0.1) is 11.6 Å². The van der Waals surface area contributed by atoms with E-state index in [0.717, 1.165) is 6.42 Å². The van der Waals surface area contributed by atoms with Crippen molar-refractivity contribution < 1.29 is 18.7 Å². The van der Waals surface area contributed by atoms with Crippen molar-refractivity contribution in [3.8, 4) is 0 Å². The number of aliphatic hydroxyl groups is 1. The average Bonchev–Trinajstić information content (AvgIpc) is 2.90. The number of benzene rings is 2. The van der Waals surface area contributed by atoms with Gasteiger partial charge in [0.05, 0.1) is 19.2 Å². The average molecular weight is 373 g/mol. The van der Waals surface area contributed by atoms with Gasteiger partial charge in [0.15, 0.2) is 0 Å². The maximum absolute atomic E-state index is 13.7. The van der Waals surface area contributed by atoms with Crippen LogP contribution in [0.4, 0.5) is 13.6 Å². The molecule has 0 saturated carbocycles. The first kappa shape index (κ1) is 17.7. The summed E-state index contributed by atoms with van der Waals surface area (Å²) in [6.07, 6.45) is 0.0184. The number of β-amino-alcohol motifs (C(OH)–C–C–N with tert-alkyl or cyclic N) is 1. The van der Waals surface area contributed by atoms with Gasteiger partial charge in [0, 0.05) is 34.4 Å². The molecule has 1 aromatic heterocycles. The minimum atomic E-state index is -0.807. The van der Waals surface area contributed by atoms with Gasteiger partial charge in [0.2, 0.25) is 0 Å². The fourth-order valence-corrected chi connectivity index (χ4v) is 3.77. The van der Waals surface area contributed by atoms with Crippen molar-refractivity contribution in [3.63, 3.8) is 0 Å². The van der Waals surface area contributed by atoms with E-state index in [1.807, 2.05) is 11.5 Å². The molecule has 0 spiro atoms. The van der Waals surface area contributed by atoms with Crippen LogP contribution in [-0.4, -0.2) is 45.8 Å². The number of hydrogen-bond donors (Lipinski definition) is 2. The highest BCUT2D eigenvalue weighted by Gasteiger charge is 2.24. The second-order valence-corrected chi connectivity index (χ2v) is 7.17. The molecule has 1 fully saturated rings. The predicted molar refractivity (Wildman–Crippen MR) is 99.6 cm³/mol. The fraction of sp³-hybridized carbons (Fsp3) is 0.350. The second-order valence-electron chi connectivity index (χ2n) is 7.17. The molecule has 5 nitrogen and oxygen atoms in total. The Bertz CT molecular complexity index is 958. The quantitative estimate of drug-likeness (QED) is 0.738. The van der Waals surface area contributed by atoms with Crippen molar-refractivity contribution in [1.29, 1.82) is 0 Å². The smallest absolute Gasteiger partial charge is 0.317 e. The van der Waals surface area contributed by atoms with E-state index >= 15 is 0 Å². The number of aromatic nitrogens is 1. The zero-order valence-electron chi connectivity index (χ0n) is 15.0. The lowest BCUT2D eigenvalue weighted by atomic mass is 10.1. The summed E-state index contributed by atoms with van der Waals surface area (Å²) in [5.74, 6) is -0.795. The van der Waals surface area contributed by atoms with Crippen molar-refractivity contribution in [2.45, 2.75) is 32.0 Å². The first-order valence-corrected chi connectivity index (χ1v) is 9.03. The van der Waals surface area contributed by atoms with E-state index in [9.17, 15) is 18.7 Å². The van der Waals surface area contributed by atoms with Gasteiger partial charge in [-0.05, 0) is 49.7 Å². The third kappa shape index (κ3) is 3.35. The Morgan fingerprint density at radius 3 is 2.26 bits per heavy atom. The van der Waals surface area contributed by atoms with E-state index < -0.39 is 17.7 Å². The van der Waals surface area contributed by atoms with Gasteiger partial charge >= 0.3 is 6.03 Å². The summed E-state index contributed by atoms with van der Waals surface area (Å²) in [4.78, 5) is 13.7. The maximum atomic E-state index is 13.7. The molecule has 2 heterocycles. The fourth-order valence-electron chi connectivity index (χ4n) is 3.77. The number of rotatable bonds is 4. The van der Waals surface area contributed by atoms with Crippen LogP contribution in [-0.2, 0) is 6.54 Å². The molecule has 0 radical (unpaired) electrons. The third-order valence-electron chi connectivity index (χ3n) is 5.10. The number of halogens is 2. The molecule has 1 aliphatic heterocycles. The first-order valence-electron chi connectivity index (χ1n) is 9.03. The highest BCUT2D eigenvalue weighted by atomic mass is 19.1. The number of nitrogens with zero attached hydrogens (tertiary/aromatic N) is 2. The Morgan fingerprint density at radius 1 is 1.11 bits per heavy atom. The summed E-state index contributed by atoms with van der Waals surface area (Å²) < 4.78 is 29.3. The zero-order valence-corrected chi connectivity index (χ0v) is 15.0. The van der Waals surface area contributed by atoms with Crippen LogP contribution < -0.4 is 5.32 Å². The third-order valence-corrected chi connectivity index (χ3v) is 5.10. The van der Waals surface area contributed by atoms with Gasteiger partial charge in [-0.25, -0.2) is 13.6 Å². The minimum Gasteiger partial charge on any atom is -0.389 e. The van der Waals surface area contributed by atoms with Crippen LogP contribution in [0.25, 0.3) is 21.8 Å². The molecule has 2 N–H and O–H groups in total. The Morgan fingerprint density at radius 2 is 1.70 bits per heavy atom. The number of urea groups is 1. The van der Waals surface area contributed by atoms with Gasteiger partial charge in [0.1, 0.15) is 11.6 Å². The van der Waals surface area contributed by atoms with Gasteiger partial charge in [-0.1, -0.05) is 0 Å². The Balaban J connectivity index is 1.65. The number of carbonyl (C=O) groups is 1. The summed E-state index contributed by atoms with van der Waals surface area (Å²) in [6.45, 7) is 2.95. The van der Waals surface area contributed by atoms with Crippen LogP contribution in [0.5, 0.6) is 0 Å². The molecular formula is C20H21F2N3O2. The van der Waals surface area contributed by atoms with Gasteiger partial charge in [-0.15, -0.1) is 0 Å². The van der Waals surface area contributed by atoms with E-state index in [1.54, 1.807) is 17.0 Å². The van der Waals surface area contributed by atoms with Crippen molar-refractivity contribution in [3.05, 3.63) is 48.0 Å². The largest absolute Gasteiger partial charge is 0.389 e. The lowest BCUT2D eigenvalue weighted by Crippen LogP contribution is -2.52. The minimum absolute atomic E-state index is 0.132. The number of carbonyl (C=O) groups excluding carboxylic acids is 1. The number of fused-ring (bicyclic) bond motifs is 3. The van der Waals surface area contributed by atoms with Crippen LogP contribution in [0.1, 0.15) is 13.3 Å². The van der Waals surface area contributed by atoms with Crippen molar-refractivity contribution >= 4 is 27.8 Å². The van der Waals surface area contributed by atoms with E-state index in [1.165, 1.54) is 24.3 Å². The zero-order chi connectivity index (χ0) is 19.1. The van der Waals surface area contributed by atoms with E-state index in [4.69, 9.17) is 0 Å². The molecule has 27 heavy (non-hydrogen) atoms. The van der Waals surface area contributed by atoms with Crippen LogP contribution >= 0.6 is 0 Å². The Labute approximate surface area is 155 Å². The molecular weight excluding hydrogens is 352 g/mol. The number of nitrogens with one attached hydrogen (secondary N) is 1. The molecule has 1 aliphatic rings. The van der Waals surface area contributed by atoms with Gasteiger partial charge in [0.25, 0.3) is 0 Å². The van der Waals surface area contributed by atoms with Crippen LogP contribution in [0.15, 0.2) is 36.4 Å². The van der Waals surface area contributed by atoms with Gasteiger partial charge in [-0.3, -0.25) is 0 Å². The molecule has 3 aromatic rings. The first-order chi connectivity index (χ1) is 12.9. The van der Waals surface area contributed by atoms with Crippen molar-refractivity contribution in [2.75, 3.05) is 13.1 Å². The molecule has 2 unspecified atom stereocenters. The molecule has 2 amide bonds. The van der Waals surface area contributed by atoms with Gasteiger partial charge < -0.3 is 19.9 Å². The molecule has 1 saturated heterocycles. The number of hydrogen-bond acceptors (Lipinski definition) is 2. The standard InChI is InChI=1S/C20H21F2N3O2/c1-12-6-7-24(20(27)23-12)10-15(26)11-25-18-4-2-13(21)8-16(18)17-9-14(22)3-5-19(17)25/h2-5,8-9,12,15,26H,6-7,10-11H2,1H3,(H,23,27). The lowest BCUT2D eigenvalue weighted by molar-refractivity contribution is 0.0992. The summed E-state index contributed by atoms with van der Waals surface area (Å²) >= 11 is 0. The van der Waals surface area contributed by atoms with Crippen LogP contribution in [0.2, 0.25) is 0 Å². The summed E-state index contributed by atoms with van der Waals surface area (Å²) in [6, 6.07) is 8.65. The number of amides is 2. The predicted octanol–water partition coefficient (Wildman–Crippen LogP) is 3.24. The van der Waals surface area contributed by atoms with Crippen LogP contribution in [0.3, 0.4) is 0 Å². The second kappa shape index (κ2) is 6.81. The monoisotopic (exact) mass is 373 g/mol. The Hall–Kier alpha value is -2.67. The SMILES string of the molecule is CC1CCN(CC(O)Cn2c3ccc(F)cc3c3cc(F)ccc32)C(=O)N1. The highest BCUT2D eigenvalue weighted by molar-refractivity contribution is 6.08. The summed E-state index contributed by atoms with van der Waals surface area (Å²) in [5.41, 5.74) is 1.43. The summed E-state index contributed by atoms with van der Waals surface area (Å²) in [7, 11) is 0. The molecule has 4 rings (SSSR count). The summed E-state index contributed by atoms with van der Waals surface area (Å²) in [5, 5.41) is 14.6. The molecule has 0 aliphatic carbocycles. The molecule has 2 atom stereocenters. The molecule has 142 valence electrons. The molecule has 2 aromatic carbocycles. The lowest BCUT2D eigenvalue weighted by Gasteiger charge is -2.32. The van der Waals surface area contributed by atoms with Crippen molar-refractivity contribution in [1.82, 2.24) is 14.8 Å².